The minimum atomic E-state index is -0.270. The molecule has 33 heavy (non-hydrogen) atoms. The van der Waals surface area contributed by atoms with Crippen LogP contribution in [0.15, 0.2) is 23.2 Å². The quantitative estimate of drug-likeness (QED) is 0.281. The van der Waals surface area contributed by atoms with E-state index in [0.29, 0.717) is 38.2 Å². The molecule has 3 heterocycles. The molecular weight excluding hydrogens is 536 g/mol. The van der Waals surface area contributed by atoms with Crippen LogP contribution in [0.2, 0.25) is 0 Å². The number of hydrogen-bond donors (Lipinski definition) is 3. The highest BCUT2D eigenvalue weighted by Crippen LogP contribution is 2.24. The Kier molecular flexibility index (Phi) is 9.30. The topological polar surface area (TPSA) is 90.6 Å². The highest BCUT2D eigenvalue weighted by molar-refractivity contribution is 14.0. The molecule has 1 fully saturated rings. The van der Waals surface area contributed by atoms with Crippen LogP contribution in [0.25, 0.3) is 0 Å². The van der Waals surface area contributed by atoms with E-state index < -0.39 is 0 Å². The van der Waals surface area contributed by atoms with Gasteiger partial charge in [0, 0.05) is 38.5 Å². The summed E-state index contributed by atoms with van der Waals surface area (Å²) < 4.78 is 16.7. The summed E-state index contributed by atoms with van der Waals surface area (Å²) in [6, 6.07) is 5.56. The summed E-state index contributed by atoms with van der Waals surface area (Å²) >= 11 is 0. The van der Waals surface area contributed by atoms with Crippen LogP contribution >= 0.6 is 24.0 Å². The molecule has 10 heteroatoms. The van der Waals surface area contributed by atoms with Crippen LogP contribution in [0, 0.1) is 5.82 Å². The Morgan fingerprint density at radius 1 is 1.24 bits per heavy atom. The smallest absolute Gasteiger partial charge is 0.191 e. The Hall–Kier alpha value is -1.95. The number of fused-ring (bicyclic) bond motifs is 1. The van der Waals surface area contributed by atoms with Gasteiger partial charge in [-0.2, -0.15) is 5.10 Å². The Balaban J connectivity index is 0.00000306. The third kappa shape index (κ3) is 6.56. The lowest BCUT2D eigenvalue weighted by Gasteiger charge is -2.31. The van der Waals surface area contributed by atoms with Crippen LogP contribution in [0.3, 0.4) is 0 Å². The molecule has 1 unspecified atom stereocenters. The van der Waals surface area contributed by atoms with Crippen LogP contribution < -0.4 is 15.5 Å². The Bertz CT molecular complexity index is 943. The van der Waals surface area contributed by atoms with Gasteiger partial charge in [0.1, 0.15) is 11.6 Å². The van der Waals surface area contributed by atoms with Gasteiger partial charge in [-0.05, 0) is 43.9 Å². The van der Waals surface area contributed by atoms with Crippen molar-refractivity contribution in [2.45, 2.75) is 71.2 Å². The van der Waals surface area contributed by atoms with E-state index >= 15 is 0 Å². The molecule has 0 saturated carbocycles. The summed E-state index contributed by atoms with van der Waals surface area (Å²) in [5, 5.41) is 21.0. The molecule has 182 valence electrons. The van der Waals surface area contributed by atoms with E-state index in [1.54, 1.807) is 6.07 Å². The summed E-state index contributed by atoms with van der Waals surface area (Å²) in [5.74, 6) is 2.45. The van der Waals surface area contributed by atoms with Crippen molar-refractivity contribution >= 4 is 35.6 Å². The first-order valence-corrected chi connectivity index (χ1v) is 11.7. The first kappa shape index (κ1) is 25.7. The van der Waals surface area contributed by atoms with Gasteiger partial charge in [0.25, 0.3) is 0 Å². The molecule has 0 aliphatic carbocycles. The van der Waals surface area contributed by atoms with E-state index in [4.69, 9.17) is 0 Å². The maximum absolute atomic E-state index is 14.7. The van der Waals surface area contributed by atoms with Crippen molar-refractivity contribution in [1.82, 2.24) is 25.4 Å². The highest BCUT2D eigenvalue weighted by Gasteiger charge is 2.22. The number of benzene rings is 1. The lowest BCUT2D eigenvalue weighted by Crippen LogP contribution is -2.47. The number of aliphatic imine (C=N–C) groups is 1. The molecule has 0 radical (unpaired) electrons. The molecule has 2 aliphatic heterocycles. The minimum Gasteiger partial charge on any atom is -0.393 e. The molecule has 8 nitrogen and oxygen atoms in total. The van der Waals surface area contributed by atoms with Crippen LogP contribution in [0.5, 0.6) is 0 Å². The summed E-state index contributed by atoms with van der Waals surface area (Å²) in [5.41, 5.74) is 1.43. The number of guanidine groups is 1. The number of piperidine rings is 1. The summed E-state index contributed by atoms with van der Waals surface area (Å²) in [6.45, 7) is 7.37. The zero-order chi connectivity index (χ0) is 22.5. The number of aryl methyl sites for hydroxylation is 2. The minimum absolute atomic E-state index is 0. The number of aliphatic hydroxyl groups excluding tert-OH is 1. The molecular formula is C23H35FIN7O. The standard InChI is InChI=1S/C23H34FN7O.HI/c1-3-21-28-22-8-6-17(15-31(22)29-21)27-23(25-4-2)26-14-16-5-7-20(19(24)13-16)30-11-9-18(32)10-12-30;/h5,7,13,17-18,32H,3-4,6,8-12,14-15H2,1-2H3,(H2,25,26,27);1H. The predicted molar refractivity (Wildman–Crippen MR) is 139 cm³/mol. The van der Waals surface area contributed by atoms with Crippen molar-refractivity contribution in [3.63, 3.8) is 0 Å². The number of aliphatic hydroxyl groups is 1. The Morgan fingerprint density at radius 2 is 2.03 bits per heavy atom. The average molecular weight is 571 g/mol. The average Bonchev–Trinajstić information content (AvgIpc) is 3.21. The molecule has 0 amide bonds. The fourth-order valence-corrected chi connectivity index (χ4v) is 4.32. The second kappa shape index (κ2) is 12.0. The molecule has 1 saturated heterocycles. The van der Waals surface area contributed by atoms with Crippen molar-refractivity contribution in [2.75, 3.05) is 24.5 Å². The number of anilines is 1. The fourth-order valence-electron chi connectivity index (χ4n) is 4.32. The number of rotatable bonds is 6. The Morgan fingerprint density at radius 3 is 2.73 bits per heavy atom. The van der Waals surface area contributed by atoms with E-state index in [1.165, 1.54) is 0 Å². The van der Waals surface area contributed by atoms with Gasteiger partial charge in [-0.15, -0.1) is 24.0 Å². The molecule has 1 atom stereocenters. The molecule has 1 aromatic heterocycles. The van der Waals surface area contributed by atoms with E-state index in [1.807, 2.05) is 28.6 Å². The van der Waals surface area contributed by atoms with Gasteiger partial charge in [-0.1, -0.05) is 13.0 Å². The van der Waals surface area contributed by atoms with Gasteiger partial charge >= 0.3 is 0 Å². The van der Waals surface area contributed by atoms with Crippen molar-refractivity contribution in [1.29, 1.82) is 0 Å². The fraction of sp³-hybridized carbons (Fsp3) is 0.609. The number of hydrogen-bond acceptors (Lipinski definition) is 5. The van der Waals surface area contributed by atoms with Crippen LogP contribution in [-0.2, 0) is 25.9 Å². The van der Waals surface area contributed by atoms with E-state index in [2.05, 4.69) is 32.6 Å². The van der Waals surface area contributed by atoms with Gasteiger partial charge < -0.3 is 20.6 Å². The number of nitrogens with zero attached hydrogens (tertiary/aromatic N) is 5. The molecule has 4 rings (SSSR count). The third-order valence-corrected chi connectivity index (χ3v) is 6.14. The third-order valence-electron chi connectivity index (χ3n) is 6.14. The van der Waals surface area contributed by atoms with E-state index in [-0.39, 0.29) is 41.9 Å². The zero-order valence-electron chi connectivity index (χ0n) is 19.4. The summed E-state index contributed by atoms with van der Waals surface area (Å²) in [7, 11) is 0. The first-order chi connectivity index (χ1) is 15.6. The van der Waals surface area contributed by atoms with Gasteiger partial charge in [0.05, 0.1) is 24.9 Å². The largest absolute Gasteiger partial charge is 0.393 e. The molecule has 3 N–H and O–H groups in total. The van der Waals surface area contributed by atoms with E-state index in [0.717, 1.165) is 55.5 Å². The van der Waals surface area contributed by atoms with Gasteiger partial charge in [0.2, 0.25) is 0 Å². The van der Waals surface area contributed by atoms with Crippen LogP contribution in [0.1, 0.15) is 50.3 Å². The lowest BCUT2D eigenvalue weighted by atomic mass is 10.1. The molecule has 0 bridgehead atoms. The number of aromatic nitrogens is 3. The molecule has 2 aromatic rings. The summed E-state index contributed by atoms with van der Waals surface area (Å²) in [6.07, 6.45) is 3.80. The second-order valence-electron chi connectivity index (χ2n) is 8.56. The zero-order valence-corrected chi connectivity index (χ0v) is 21.8. The first-order valence-electron chi connectivity index (χ1n) is 11.7. The SMILES string of the molecule is CCNC(=NCc1ccc(N2CCC(O)CC2)c(F)c1)NC1CCc2nc(CC)nn2C1.I. The second-order valence-corrected chi connectivity index (χ2v) is 8.56. The highest BCUT2D eigenvalue weighted by atomic mass is 127. The molecule has 1 aromatic carbocycles. The summed E-state index contributed by atoms with van der Waals surface area (Å²) in [4.78, 5) is 11.3. The van der Waals surface area contributed by atoms with Crippen molar-refractivity contribution in [3.05, 3.63) is 41.2 Å². The van der Waals surface area contributed by atoms with Gasteiger partial charge in [-0.25, -0.2) is 19.0 Å². The number of halogens is 2. The van der Waals surface area contributed by atoms with Gasteiger partial charge in [0.15, 0.2) is 11.8 Å². The molecule has 0 spiro atoms. The lowest BCUT2D eigenvalue weighted by molar-refractivity contribution is 0.145. The van der Waals surface area contributed by atoms with Crippen LogP contribution in [-0.4, -0.2) is 57.6 Å². The van der Waals surface area contributed by atoms with E-state index in [9.17, 15) is 9.50 Å². The van der Waals surface area contributed by atoms with Crippen molar-refractivity contribution in [3.8, 4) is 0 Å². The van der Waals surface area contributed by atoms with Gasteiger partial charge in [-0.3, -0.25) is 0 Å². The van der Waals surface area contributed by atoms with Crippen molar-refractivity contribution < 1.29 is 9.50 Å². The van der Waals surface area contributed by atoms with Crippen molar-refractivity contribution in [2.24, 2.45) is 4.99 Å². The molecule has 2 aliphatic rings. The monoisotopic (exact) mass is 571 g/mol. The van der Waals surface area contributed by atoms with Crippen LogP contribution in [0.4, 0.5) is 10.1 Å². The maximum atomic E-state index is 14.7. The maximum Gasteiger partial charge on any atom is 0.191 e. The number of nitrogens with one attached hydrogen (secondary N) is 2. The Labute approximate surface area is 212 Å². The normalized spacial score (nSPS) is 19.1. The predicted octanol–water partition coefficient (Wildman–Crippen LogP) is 2.63.